The Hall–Kier alpha value is -4.07. The molecule has 1 N–H and O–H groups in total. The molecule has 3 aromatic rings. The number of amides is 1. The number of benzene rings is 2. The number of ketones is 1. The normalized spacial score (nSPS) is 17.3. The monoisotopic (exact) mass is 478 g/mol. The Morgan fingerprint density at radius 3 is 2.40 bits per heavy atom. The quantitative estimate of drug-likeness (QED) is 0.287. The fraction of sp³-hybridized carbons (Fsp3) is 0.222. The van der Waals surface area contributed by atoms with Crippen molar-refractivity contribution in [3.63, 3.8) is 0 Å². The van der Waals surface area contributed by atoms with Gasteiger partial charge >= 0.3 is 0 Å². The number of aromatic nitrogens is 1. The molecule has 2 heterocycles. The lowest BCUT2D eigenvalue weighted by molar-refractivity contribution is -0.132. The molecule has 6 nitrogen and oxygen atoms in total. The fourth-order valence-corrected chi connectivity index (χ4v) is 4.18. The Balaban J connectivity index is 1.92. The molecular formula is C27H24F2N2O4. The number of carbonyl (C=O) groups excluding carboxylic acids is 2. The second kappa shape index (κ2) is 9.66. The van der Waals surface area contributed by atoms with Gasteiger partial charge in [0, 0.05) is 29.7 Å². The van der Waals surface area contributed by atoms with Crippen LogP contribution in [0.5, 0.6) is 5.75 Å². The van der Waals surface area contributed by atoms with Gasteiger partial charge in [-0.3, -0.25) is 19.5 Å². The average Bonchev–Trinajstić information content (AvgIpc) is 3.11. The lowest BCUT2D eigenvalue weighted by Crippen LogP contribution is -2.29. The molecule has 1 amide bonds. The third-order valence-corrected chi connectivity index (χ3v) is 5.85. The van der Waals surface area contributed by atoms with Crippen LogP contribution >= 0.6 is 0 Å². The number of nitrogens with zero attached hydrogens (tertiary/aromatic N) is 2. The van der Waals surface area contributed by atoms with Gasteiger partial charge in [0.15, 0.2) is 11.6 Å². The number of aliphatic hydroxyl groups is 1. The average molecular weight is 478 g/mol. The molecule has 0 radical (unpaired) electrons. The van der Waals surface area contributed by atoms with E-state index in [0.717, 1.165) is 22.6 Å². The van der Waals surface area contributed by atoms with Crippen molar-refractivity contribution in [1.29, 1.82) is 0 Å². The van der Waals surface area contributed by atoms with Crippen LogP contribution in [-0.4, -0.2) is 28.4 Å². The molecule has 0 spiro atoms. The number of hydrogen-bond acceptors (Lipinski definition) is 5. The van der Waals surface area contributed by atoms with Crippen LogP contribution in [0.1, 0.15) is 49.4 Å². The second-order valence-corrected chi connectivity index (χ2v) is 8.39. The number of carbonyl (C=O) groups is 2. The molecule has 1 atom stereocenters. The van der Waals surface area contributed by atoms with E-state index in [9.17, 15) is 23.5 Å². The van der Waals surface area contributed by atoms with Gasteiger partial charge < -0.3 is 9.84 Å². The number of halogens is 2. The van der Waals surface area contributed by atoms with Crippen LogP contribution in [0.15, 0.2) is 66.5 Å². The molecule has 2 aromatic carbocycles. The highest BCUT2D eigenvalue weighted by Crippen LogP contribution is 2.43. The van der Waals surface area contributed by atoms with Crippen LogP contribution in [0, 0.1) is 11.6 Å². The number of ether oxygens (including phenoxy) is 1. The summed E-state index contributed by atoms with van der Waals surface area (Å²) in [4.78, 5) is 31.4. The molecule has 1 aromatic heterocycles. The van der Waals surface area contributed by atoms with Crippen LogP contribution in [0.25, 0.3) is 5.76 Å². The van der Waals surface area contributed by atoms with Crippen LogP contribution < -0.4 is 9.64 Å². The van der Waals surface area contributed by atoms with Gasteiger partial charge in [-0.2, -0.15) is 0 Å². The summed E-state index contributed by atoms with van der Waals surface area (Å²) in [6, 6.07) is 10.1. The minimum Gasteiger partial charge on any atom is -0.507 e. The smallest absolute Gasteiger partial charge is 0.300 e. The van der Waals surface area contributed by atoms with Crippen LogP contribution in [0.2, 0.25) is 0 Å². The summed E-state index contributed by atoms with van der Waals surface area (Å²) in [5.74, 6) is -3.80. The van der Waals surface area contributed by atoms with E-state index in [1.165, 1.54) is 18.5 Å². The largest absolute Gasteiger partial charge is 0.507 e. The maximum Gasteiger partial charge on any atom is 0.300 e. The van der Waals surface area contributed by atoms with Gasteiger partial charge in [-0.25, -0.2) is 8.78 Å². The topological polar surface area (TPSA) is 79.7 Å². The number of hydrogen-bond donors (Lipinski definition) is 1. The van der Waals surface area contributed by atoms with Gasteiger partial charge in [-0.1, -0.05) is 13.8 Å². The maximum atomic E-state index is 14.0. The van der Waals surface area contributed by atoms with Gasteiger partial charge in [0.05, 0.1) is 18.2 Å². The van der Waals surface area contributed by atoms with E-state index in [1.54, 1.807) is 30.3 Å². The first-order valence-corrected chi connectivity index (χ1v) is 11.2. The summed E-state index contributed by atoms with van der Waals surface area (Å²) < 4.78 is 33.3. The third kappa shape index (κ3) is 4.39. The molecule has 1 saturated heterocycles. The van der Waals surface area contributed by atoms with Crippen molar-refractivity contribution in [2.24, 2.45) is 0 Å². The molecule has 35 heavy (non-hydrogen) atoms. The first-order valence-electron chi connectivity index (χ1n) is 11.2. The number of rotatable bonds is 6. The summed E-state index contributed by atoms with van der Waals surface area (Å²) in [5, 5.41) is 11.3. The van der Waals surface area contributed by atoms with E-state index in [-0.39, 0.29) is 22.9 Å². The third-order valence-electron chi connectivity index (χ3n) is 5.85. The molecule has 4 rings (SSSR count). The Morgan fingerprint density at radius 1 is 1.06 bits per heavy atom. The van der Waals surface area contributed by atoms with Crippen molar-refractivity contribution in [3.05, 3.63) is 94.8 Å². The Morgan fingerprint density at radius 2 is 1.77 bits per heavy atom. The van der Waals surface area contributed by atoms with Crippen molar-refractivity contribution >= 4 is 23.1 Å². The molecule has 1 aliphatic rings. The minimum atomic E-state index is -1.16. The Labute approximate surface area is 201 Å². The lowest BCUT2D eigenvalue weighted by atomic mass is 9.93. The number of anilines is 1. The molecule has 8 heteroatoms. The molecular weight excluding hydrogens is 454 g/mol. The molecule has 0 saturated carbocycles. The van der Waals surface area contributed by atoms with E-state index in [1.807, 2.05) is 20.8 Å². The van der Waals surface area contributed by atoms with Crippen LogP contribution in [0.4, 0.5) is 14.5 Å². The zero-order valence-electron chi connectivity index (χ0n) is 19.5. The van der Waals surface area contributed by atoms with E-state index in [4.69, 9.17) is 4.74 Å². The zero-order valence-corrected chi connectivity index (χ0v) is 19.5. The summed E-state index contributed by atoms with van der Waals surface area (Å²) in [5.41, 5.74) is 1.46. The lowest BCUT2D eigenvalue weighted by Gasteiger charge is -2.25. The first kappa shape index (κ1) is 24.1. The number of aliphatic hydroxyl groups excluding tert-OH is 1. The summed E-state index contributed by atoms with van der Waals surface area (Å²) in [6.07, 6.45) is 2.96. The van der Waals surface area contributed by atoms with E-state index in [0.29, 0.717) is 23.5 Å². The Bertz CT molecular complexity index is 1320. The molecule has 1 fully saturated rings. The number of pyridine rings is 1. The Kier molecular flexibility index (Phi) is 6.64. The van der Waals surface area contributed by atoms with Gasteiger partial charge in [0.25, 0.3) is 11.7 Å². The minimum absolute atomic E-state index is 0.0126. The highest BCUT2D eigenvalue weighted by molar-refractivity contribution is 6.51. The van der Waals surface area contributed by atoms with Gasteiger partial charge in [0.2, 0.25) is 0 Å². The highest BCUT2D eigenvalue weighted by atomic mass is 19.2. The summed E-state index contributed by atoms with van der Waals surface area (Å²) >= 11 is 0. The maximum absolute atomic E-state index is 14.0. The second-order valence-electron chi connectivity index (χ2n) is 8.39. The molecule has 0 aliphatic carbocycles. The summed E-state index contributed by atoms with van der Waals surface area (Å²) in [7, 11) is 0. The molecule has 0 bridgehead atoms. The van der Waals surface area contributed by atoms with Gasteiger partial charge in [-0.05, 0) is 66.4 Å². The SMILES string of the molecule is CCOc1ccc(/C(O)=C2/C(=O)C(=O)N(c3ccc(F)c(F)c3)C2c2ccncc2)cc1C(C)C. The van der Waals surface area contributed by atoms with Crippen LogP contribution in [0.3, 0.4) is 0 Å². The predicted molar refractivity (Wildman–Crippen MR) is 127 cm³/mol. The van der Waals surface area contributed by atoms with Crippen molar-refractivity contribution in [3.8, 4) is 5.75 Å². The zero-order chi connectivity index (χ0) is 25.3. The van der Waals surface area contributed by atoms with Crippen molar-refractivity contribution in [2.75, 3.05) is 11.5 Å². The summed E-state index contributed by atoms with van der Waals surface area (Å²) in [6.45, 7) is 6.28. The molecule has 180 valence electrons. The van der Waals surface area contributed by atoms with E-state index < -0.39 is 29.4 Å². The first-order chi connectivity index (χ1) is 16.7. The van der Waals surface area contributed by atoms with Gasteiger partial charge in [0.1, 0.15) is 11.5 Å². The van der Waals surface area contributed by atoms with Crippen molar-refractivity contribution in [2.45, 2.75) is 32.7 Å². The standard InChI is InChI=1S/C27H24F2N2O4/c1-4-35-22-8-5-17(13-19(22)15(2)3)25(32)23-24(16-9-11-30-12-10-16)31(27(34)26(23)33)18-6-7-20(28)21(29)14-18/h5-15,24,32H,4H2,1-3H3/b25-23-. The fourth-order valence-electron chi connectivity index (χ4n) is 4.18. The number of Topliss-reactive ketones (excluding diaryl/α,β-unsaturated/α-hetero) is 1. The van der Waals surface area contributed by atoms with E-state index >= 15 is 0 Å². The van der Waals surface area contributed by atoms with Gasteiger partial charge in [-0.15, -0.1) is 0 Å². The van der Waals surface area contributed by atoms with Crippen molar-refractivity contribution < 1.29 is 28.2 Å². The highest BCUT2D eigenvalue weighted by Gasteiger charge is 2.47. The van der Waals surface area contributed by atoms with Crippen molar-refractivity contribution in [1.82, 2.24) is 4.98 Å². The molecule has 1 unspecified atom stereocenters. The molecule has 1 aliphatic heterocycles. The van der Waals surface area contributed by atoms with E-state index in [2.05, 4.69) is 4.98 Å². The predicted octanol–water partition coefficient (Wildman–Crippen LogP) is 5.51. The van der Waals surface area contributed by atoms with Crippen LogP contribution in [-0.2, 0) is 9.59 Å².